The highest BCUT2D eigenvalue weighted by molar-refractivity contribution is 6.32. The van der Waals surface area contributed by atoms with E-state index in [0.29, 0.717) is 18.2 Å². The molecule has 15 heavy (non-hydrogen) atoms. The summed E-state index contributed by atoms with van der Waals surface area (Å²) in [5.74, 6) is 0.867. The Bertz CT molecular complexity index is 365. The molecule has 1 amide bonds. The van der Waals surface area contributed by atoms with E-state index in [-0.39, 0.29) is 11.1 Å². The quantitative estimate of drug-likeness (QED) is 0.859. The first kappa shape index (κ1) is 10.4. The Hall–Kier alpha value is -1.16. The first-order valence-corrected chi connectivity index (χ1v) is 5.40. The molecule has 80 valence electrons. The van der Waals surface area contributed by atoms with Crippen molar-refractivity contribution in [3.63, 3.8) is 0 Å². The van der Waals surface area contributed by atoms with Crippen molar-refractivity contribution < 1.29 is 4.79 Å². The van der Waals surface area contributed by atoms with E-state index in [4.69, 9.17) is 11.6 Å². The van der Waals surface area contributed by atoms with E-state index in [1.54, 1.807) is 0 Å². The molecule has 0 atom stereocenters. The van der Waals surface area contributed by atoms with Gasteiger partial charge < -0.3 is 5.32 Å². The van der Waals surface area contributed by atoms with Gasteiger partial charge in [0, 0.05) is 18.8 Å². The molecule has 0 radical (unpaired) electrons. The van der Waals surface area contributed by atoms with Crippen LogP contribution in [0.1, 0.15) is 25.7 Å². The van der Waals surface area contributed by atoms with E-state index >= 15 is 0 Å². The Kier molecular flexibility index (Phi) is 3.16. The second kappa shape index (κ2) is 4.57. The average Bonchev–Trinajstić information content (AvgIpc) is 2.16. The van der Waals surface area contributed by atoms with Crippen LogP contribution in [0.2, 0.25) is 5.15 Å². The van der Waals surface area contributed by atoms with Crippen LogP contribution in [0.15, 0.2) is 12.4 Å². The van der Waals surface area contributed by atoms with Crippen molar-refractivity contribution in [2.75, 3.05) is 5.32 Å². The molecule has 0 aliphatic heterocycles. The highest BCUT2D eigenvalue weighted by atomic mass is 35.5. The van der Waals surface area contributed by atoms with Crippen molar-refractivity contribution in [2.45, 2.75) is 25.7 Å². The Morgan fingerprint density at radius 2 is 2.20 bits per heavy atom. The molecule has 1 fully saturated rings. The van der Waals surface area contributed by atoms with Gasteiger partial charge in [-0.15, -0.1) is 0 Å². The number of anilines is 1. The molecule has 2 rings (SSSR count). The minimum absolute atomic E-state index is 0.0258. The molecule has 1 aromatic heterocycles. The molecule has 0 bridgehead atoms. The topological polar surface area (TPSA) is 54.9 Å². The third-order valence-corrected chi connectivity index (χ3v) is 2.89. The Morgan fingerprint density at radius 1 is 1.47 bits per heavy atom. The van der Waals surface area contributed by atoms with Gasteiger partial charge in [-0.3, -0.25) is 4.79 Å². The molecule has 5 heteroatoms. The summed E-state index contributed by atoms with van der Waals surface area (Å²) < 4.78 is 0. The van der Waals surface area contributed by atoms with Gasteiger partial charge in [0.2, 0.25) is 5.91 Å². The predicted molar refractivity (Wildman–Crippen MR) is 57.6 cm³/mol. The first-order valence-electron chi connectivity index (χ1n) is 5.02. The van der Waals surface area contributed by atoms with Crippen LogP contribution >= 0.6 is 11.6 Å². The fraction of sp³-hybridized carbons (Fsp3) is 0.500. The fourth-order valence-corrected chi connectivity index (χ4v) is 1.70. The summed E-state index contributed by atoms with van der Waals surface area (Å²) in [6.45, 7) is 0. The van der Waals surface area contributed by atoms with Crippen LogP contribution in [0.3, 0.4) is 0 Å². The summed E-state index contributed by atoms with van der Waals surface area (Å²) in [7, 11) is 0. The van der Waals surface area contributed by atoms with Gasteiger partial charge >= 0.3 is 0 Å². The summed E-state index contributed by atoms with van der Waals surface area (Å²) in [6, 6.07) is 0. The SMILES string of the molecule is O=C(CC1CCC1)Nc1nccnc1Cl. The van der Waals surface area contributed by atoms with Crippen LogP contribution in [0, 0.1) is 5.92 Å². The van der Waals surface area contributed by atoms with Gasteiger partial charge in [-0.1, -0.05) is 18.0 Å². The van der Waals surface area contributed by atoms with Gasteiger partial charge in [-0.25, -0.2) is 9.97 Å². The van der Waals surface area contributed by atoms with Crippen molar-refractivity contribution in [1.82, 2.24) is 9.97 Å². The number of rotatable bonds is 3. The zero-order chi connectivity index (χ0) is 10.7. The highest BCUT2D eigenvalue weighted by Gasteiger charge is 2.21. The first-order chi connectivity index (χ1) is 7.25. The lowest BCUT2D eigenvalue weighted by Gasteiger charge is -2.24. The Morgan fingerprint density at radius 3 is 2.80 bits per heavy atom. The van der Waals surface area contributed by atoms with Crippen LogP contribution in [0.5, 0.6) is 0 Å². The molecule has 1 saturated carbocycles. The van der Waals surface area contributed by atoms with Gasteiger partial charge in [-0.05, 0) is 18.8 Å². The Balaban J connectivity index is 1.90. The molecule has 0 spiro atoms. The van der Waals surface area contributed by atoms with Gasteiger partial charge in [-0.2, -0.15) is 0 Å². The van der Waals surface area contributed by atoms with Crippen LogP contribution < -0.4 is 5.32 Å². The molecule has 0 saturated heterocycles. The molecule has 1 aliphatic carbocycles. The van der Waals surface area contributed by atoms with E-state index in [1.807, 2.05) is 0 Å². The monoisotopic (exact) mass is 225 g/mol. The lowest BCUT2D eigenvalue weighted by Crippen LogP contribution is -2.21. The van der Waals surface area contributed by atoms with Crippen molar-refractivity contribution in [3.05, 3.63) is 17.5 Å². The lowest BCUT2D eigenvalue weighted by atomic mass is 9.83. The molecule has 0 unspecified atom stereocenters. The van der Waals surface area contributed by atoms with Crippen molar-refractivity contribution in [1.29, 1.82) is 0 Å². The zero-order valence-corrected chi connectivity index (χ0v) is 9.00. The number of nitrogens with zero attached hydrogens (tertiary/aromatic N) is 2. The van der Waals surface area contributed by atoms with E-state index in [9.17, 15) is 4.79 Å². The summed E-state index contributed by atoms with van der Waals surface area (Å²) in [5.41, 5.74) is 0. The number of carbonyl (C=O) groups excluding carboxylic acids is 1. The van der Waals surface area contributed by atoms with E-state index in [0.717, 1.165) is 12.8 Å². The summed E-state index contributed by atoms with van der Waals surface area (Å²) in [6.07, 6.45) is 7.11. The second-order valence-corrected chi connectivity index (χ2v) is 4.10. The Labute approximate surface area is 93.1 Å². The molecule has 1 heterocycles. The summed E-state index contributed by atoms with van der Waals surface area (Å²) in [4.78, 5) is 19.3. The van der Waals surface area contributed by atoms with Crippen LogP contribution in [0.4, 0.5) is 5.82 Å². The summed E-state index contributed by atoms with van der Waals surface area (Å²) in [5, 5.41) is 2.90. The molecule has 1 aliphatic rings. The molecule has 4 nitrogen and oxygen atoms in total. The highest BCUT2D eigenvalue weighted by Crippen LogP contribution is 2.29. The van der Waals surface area contributed by atoms with Crippen LogP contribution in [0.25, 0.3) is 0 Å². The second-order valence-electron chi connectivity index (χ2n) is 3.74. The summed E-state index contributed by atoms with van der Waals surface area (Å²) >= 11 is 5.76. The maximum absolute atomic E-state index is 11.5. The number of nitrogens with one attached hydrogen (secondary N) is 1. The van der Waals surface area contributed by atoms with Gasteiger partial charge in [0.05, 0.1) is 0 Å². The maximum Gasteiger partial charge on any atom is 0.225 e. The smallest absolute Gasteiger partial charge is 0.225 e. The normalized spacial score (nSPS) is 15.8. The number of amides is 1. The molecular formula is C10H12ClN3O. The standard InChI is InChI=1S/C10H12ClN3O/c11-9-10(13-5-4-12-9)14-8(15)6-7-2-1-3-7/h4-5,7H,1-3,6H2,(H,13,14,15). The van der Waals surface area contributed by atoms with Crippen molar-refractivity contribution in [3.8, 4) is 0 Å². The molecular weight excluding hydrogens is 214 g/mol. The van der Waals surface area contributed by atoms with Crippen LogP contribution in [-0.2, 0) is 4.79 Å². The predicted octanol–water partition coefficient (Wildman–Crippen LogP) is 2.26. The molecule has 1 aromatic rings. The fourth-order valence-electron chi connectivity index (χ4n) is 1.55. The van der Waals surface area contributed by atoms with Gasteiger partial charge in [0.1, 0.15) is 0 Å². The van der Waals surface area contributed by atoms with Crippen molar-refractivity contribution in [2.24, 2.45) is 5.92 Å². The van der Waals surface area contributed by atoms with E-state index < -0.39 is 0 Å². The van der Waals surface area contributed by atoms with E-state index in [1.165, 1.54) is 18.8 Å². The molecule has 0 aromatic carbocycles. The lowest BCUT2D eigenvalue weighted by molar-refractivity contribution is -0.117. The van der Waals surface area contributed by atoms with Gasteiger partial charge in [0.25, 0.3) is 0 Å². The van der Waals surface area contributed by atoms with Crippen molar-refractivity contribution >= 4 is 23.3 Å². The number of aromatic nitrogens is 2. The number of hydrogen-bond acceptors (Lipinski definition) is 3. The molecule has 1 N–H and O–H groups in total. The third kappa shape index (κ3) is 2.65. The third-order valence-electron chi connectivity index (χ3n) is 2.61. The maximum atomic E-state index is 11.5. The number of carbonyl (C=O) groups is 1. The largest absolute Gasteiger partial charge is 0.308 e. The zero-order valence-electron chi connectivity index (χ0n) is 8.24. The van der Waals surface area contributed by atoms with Gasteiger partial charge in [0.15, 0.2) is 11.0 Å². The number of halogens is 1. The van der Waals surface area contributed by atoms with E-state index in [2.05, 4.69) is 15.3 Å². The minimum atomic E-state index is -0.0258. The van der Waals surface area contributed by atoms with Crippen LogP contribution in [-0.4, -0.2) is 15.9 Å². The minimum Gasteiger partial charge on any atom is -0.308 e. The average molecular weight is 226 g/mol. The number of hydrogen-bond donors (Lipinski definition) is 1.